The van der Waals surface area contributed by atoms with Crippen LogP contribution in [0.1, 0.15) is 42.7 Å². The first-order chi connectivity index (χ1) is 17.8. The zero-order valence-electron chi connectivity index (χ0n) is 21.4. The van der Waals surface area contributed by atoms with Crippen LogP contribution in [0.3, 0.4) is 0 Å². The predicted octanol–water partition coefficient (Wildman–Crippen LogP) is 4.09. The minimum absolute atomic E-state index is 0.00853. The second-order valence-corrected chi connectivity index (χ2v) is 9.64. The van der Waals surface area contributed by atoms with E-state index in [0.29, 0.717) is 54.6 Å². The van der Waals surface area contributed by atoms with Crippen molar-refractivity contribution in [1.29, 1.82) is 0 Å². The highest BCUT2D eigenvalue weighted by Crippen LogP contribution is 2.33. The molecular formula is C28H33ClN4O4. The van der Waals surface area contributed by atoms with Crippen LogP contribution in [0.15, 0.2) is 65.9 Å². The van der Waals surface area contributed by atoms with Crippen LogP contribution in [0, 0.1) is 0 Å². The summed E-state index contributed by atoms with van der Waals surface area (Å²) in [5, 5.41) is 3.54. The SMILES string of the molecule is CCOC(=O)C1=C(CN2CCN(C(=O)c3ccccc3)[C@H](C)C2)N(CC)C(=O)N[C@H]1c1ccc(Cl)cc1. The van der Waals surface area contributed by atoms with Gasteiger partial charge in [0.2, 0.25) is 0 Å². The molecule has 0 saturated carbocycles. The number of urea groups is 1. The summed E-state index contributed by atoms with van der Waals surface area (Å²) in [5.41, 5.74) is 2.46. The van der Waals surface area contributed by atoms with E-state index < -0.39 is 12.0 Å². The Kier molecular flexibility index (Phi) is 8.51. The van der Waals surface area contributed by atoms with Crippen LogP contribution < -0.4 is 5.32 Å². The van der Waals surface area contributed by atoms with Crippen LogP contribution in [0.4, 0.5) is 4.79 Å². The lowest BCUT2D eigenvalue weighted by atomic mass is 9.94. The second kappa shape index (κ2) is 11.8. The van der Waals surface area contributed by atoms with Crippen LogP contribution in [-0.4, -0.2) is 78.0 Å². The van der Waals surface area contributed by atoms with Gasteiger partial charge in [-0.2, -0.15) is 0 Å². The van der Waals surface area contributed by atoms with E-state index in [1.54, 1.807) is 24.0 Å². The molecule has 196 valence electrons. The van der Waals surface area contributed by atoms with Crippen molar-refractivity contribution in [2.45, 2.75) is 32.9 Å². The first-order valence-electron chi connectivity index (χ1n) is 12.7. The van der Waals surface area contributed by atoms with E-state index in [1.165, 1.54) is 0 Å². The van der Waals surface area contributed by atoms with Gasteiger partial charge in [0, 0.05) is 55.0 Å². The molecule has 4 rings (SSSR count). The number of hydrogen-bond acceptors (Lipinski definition) is 5. The number of rotatable bonds is 7. The lowest BCUT2D eigenvalue weighted by Crippen LogP contribution is -2.56. The number of esters is 1. The summed E-state index contributed by atoms with van der Waals surface area (Å²) in [6, 6.07) is 15.4. The minimum atomic E-state index is -0.653. The molecule has 0 bridgehead atoms. The standard InChI is InChI=1S/C28H33ClN4O4/c1-4-32-23(18-31-15-16-33(19(3)17-31)26(34)21-9-7-6-8-10-21)24(27(35)37-5-2)25(30-28(32)36)20-11-13-22(29)14-12-20/h6-14,19,25H,4-5,15-18H2,1-3H3,(H,30,36)/t19-,25+/m1/s1. The topological polar surface area (TPSA) is 82.2 Å². The average Bonchev–Trinajstić information content (AvgIpc) is 2.89. The molecule has 1 saturated heterocycles. The van der Waals surface area contributed by atoms with Crippen molar-refractivity contribution in [2.24, 2.45) is 0 Å². The second-order valence-electron chi connectivity index (χ2n) is 9.21. The summed E-state index contributed by atoms with van der Waals surface area (Å²) >= 11 is 6.08. The van der Waals surface area contributed by atoms with Crippen molar-refractivity contribution in [2.75, 3.05) is 39.3 Å². The molecule has 1 fully saturated rings. The lowest BCUT2D eigenvalue weighted by molar-refractivity contribution is -0.139. The molecule has 0 unspecified atom stereocenters. The Hall–Kier alpha value is -3.36. The number of ether oxygens (including phenoxy) is 1. The zero-order chi connectivity index (χ0) is 26.5. The van der Waals surface area contributed by atoms with Crippen molar-refractivity contribution in [1.82, 2.24) is 20.0 Å². The van der Waals surface area contributed by atoms with Gasteiger partial charge in [0.25, 0.3) is 5.91 Å². The third kappa shape index (κ3) is 5.81. The largest absolute Gasteiger partial charge is 0.463 e. The molecule has 0 radical (unpaired) electrons. The highest BCUT2D eigenvalue weighted by atomic mass is 35.5. The average molecular weight is 525 g/mol. The van der Waals surface area contributed by atoms with Gasteiger partial charge in [-0.1, -0.05) is 41.9 Å². The number of nitrogens with zero attached hydrogens (tertiary/aromatic N) is 3. The maximum Gasteiger partial charge on any atom is 0.338 e. The monoisotopic (exact) mass is 524 g/mol. The number of nitrogens with one attached hydrogen (secondary N) is 1. The number of piperazine rings is 1. The zero-order valence-corrected chi connectivity index (χ0v) is 22.2. The Morgan fingerprint density at radius 3 is 2.38 bits per heavy atom. The quantitative estimate of drug-likeness (QED) is 0.552. The van der Waals surface area contributed by atoms with E-state index in [4.69, 9.17) is 16.3 Å². The van der Waals surface area contributed by atoms with Gasteiger partial charge in [0.1, 0.15) is 0 Å². The number of halogens is 1. The maximum atomic E-state index is 13.3. The van der Waals surface area contributed by atoms with E-state index in [9.17, 15) is 14.4 Å². The van der Waals surface area contributed by atoms with E-state index >= 15 is 0 Å². The van der Waals surface area contributed by atoms with E-state index in [-0.39, 0.29) is 24.6 Å². The van der Waals surface area contributed by atoms with E-state index in [0.717, 1.165) is 5.56 Å². The molecule has 9 heteroatoms. The molecule has 37 heavy (non-hydrogen) atoms. The van der Waals surface area contributed by atoms with Crippen molar-refractivity contribution in [3.63, 3.8) is 0 Å². The van der Waals surface area contributed by atoms with E-state index in [2.05, 4.69) is 10.2 Å². The molecule has 8 nitrogen and oxygen atoms in total. The first kappa shape index (κ1) is 26.7. The van der Waals surface area contributed by atoms with Gasteiger partial charge >= 0.3 is 12.0 Å². The number of carbonyl (C=O) groups is 3. The fourth-order valence-corrected chi connectivity index (χ4v) is 5.13. The van der Waals surface area contributed by atoms with Crippen molar-refractivity contribution < 1.29 is 19.1 Å². The summed E-state index contributed by atoms with van der Waals surface area (Å²) in [4.78, 5) is 45.1. The van der Waals surface area contributed by atoms with Gasteiger partial charge in [-0.25, -0.2) is 9.59 Å². The molecule has 0 aromatic heterocycles. The Labute approximate surface area is 222 Å². The third-order valence-electron chi connectivity index (χ3n) is 6.82. The van der Waals surface area contributed by atoms with Gasteiger partial charge in [-0.3, -0.25) is 14.6 Å². The number of likely N-dealkylation sites (N-methyl/N-ethyl adjacent to an activating group) is 1. The van der Waals surface area contributed by atoms with Gasteiger partial charge in [-0.05, 0) is 50.6 Å². The molecule has 2 heterocycles. The first-order valence-corrected chi connectivity index (χ1v) is 13.0. The van der Waals surface area contributed by atoms with Crippen LogP contribution in [-0.2, 0) is 9.53 Å². The molecule has 2 aliphatic heterocycles. The molecule has 3 amide bonds. The van der Waals surface area contributed by atoms with Gasteiger partial charge < -0.3 is 15.0 Å². The highest BCUT2D eigenvalue weighted by molar-refractivity contribution is 6.30. The predicted molar refractivity (Wildman–Crippen MR) is 142 cm³/mol. The van der Waals surface area contributed by atoms with Crippen LogP contribution in [0.5, 0.6) is 0 Å². The fraction of sp³-hybridized carbons (Fsp3) is 0.393. The molecule has 2 aliphatic rings. The lowest BCUT2D eigenvalue weighted by Gasteiger charge is -2.43. The summed E-state index contributed by atoms with van der Waals surface area (Å²) in [5.74, 6) is -0.448. The van der Waals surface area contributed by atoms with Crippen molar-refractivity contribution >= 4 is 29.5 Å². The Balaban J connectivity index is 1.63. The fourth-order valence-electron chi connectivity index (χ4n) is 5.00. The molecule has 2 aromatic rings. The maximum absolute atomic E-state index is 13.3. The summed E-state index contributed by atoms with van der Waals surface area (Å²) in [6.45, 7) is 8.46. The molecule has 0 spiro atoms. The van der Waals surface area contributed by atoms with Crippen LogP contribution in [0.25, 0.3) is 0 Å². The molecule has 1 N–H and O–H groups in total. The Bertz CT molecular complexity index is 1170. The summed E-state index contributed by atoms with van der Waals surface area (Å²) in [7, 11) is 0. The Morgan fingerprint density at radius 1 is 1.05 bits per heavy atom. The van der Waals surface area contributed by atoms with Gasteiger partial charge in [0.15, 0.2) is 0 Å². The van der Waals surface area contributed by atoms with Crippen LogP contribution in [0.2, 0.25) is 5.02 Å². The molecule has 0 aliphatic carbocycles. The van der Waals surface area contributed by atoms with Crippen molar-refractivity contribution in [3.8, 4) is 0 Å². The number of benzene rings is 2. The van der Waals surface area contributed by atoms with Crippen molar-refractivity contribution in [3.05, 3.63) is 82.0 Å². The number of amides is 3. The number of carbonyl (C=O) groups excluding carboxylic acids is 3. The Morgan fingerprint density at radius 2 is 1.76 bits per heavy atom. The summed E-state index contributed by atoms with van der Waals surface area (Å²) in [6.07, 6.45) is 0. The van der Waals surface area contributed by atoms with Gasteiger partial charge in [0.05, 0.1) is 18.2 Å². The highest BCUT2D eigenvalue weighted by Gasteiger charge is 2.39. The smallest absolute Gasteiger partial charge is 0.338 e. The molecule has 2 aromatic carbocycles. The minimum Gasteiger partial charge on any atom is -0.463 e. The molecule has 2 atom stereocenters. The van der Waals surface area contributed by atoms with E-state index in [1.807, 2.05) is 61.2 Å². The van der Waals surface area contributed by atoms with Gasteiger partial charge in [-0.15, -0.1) is 0 Å². The normalized spacial score (nSPS) is 20.6. The summed E-state index contributed by atoms with van der Waals surface area (Å²) < 4.78 is 5.45. The third-order valence-corrected chi connectivity index (χ3v) is 7.07. The van der Waals surface area contributed by atoms with Crippen LogP contribution >= 0.6 is 11.6 Å². The molecular weight excluding hydrogens is 492 g/mol. The number of hydrogen-bond donors (Lipinski definition) is 1.